The van der Waals surface area contributed by atoms with Gasteiger partial charge >= 0.3 is 0 Å². The third kappa shape index (κ3) is 4.17. The van der Waals surface area contributed by atoms with E-state index in [-0.39, 0.29) is 31.2 Å². The molecule has 158 valence electrons. The van der Waals surface area contributed by atoms with Gasteiger partial charge in [-0.2, -0.15) is 5.10 Å². The van der Waals surface area contributed by atoms with Gasteiger partial charge in [-0.15, -0.1) is 11.3 Å². The summed E-state index contributed by atoms with van der Waals surface area (Å²) in [5.41, 5.74) is 1.77. The zero-order valence-electron chi connectivity index (χ0n) is 16.9. The molecule has 2 aromatic rings. The van der Waals surface area contributed by atoms with Crippen molar-refractivity contribution in [3.63, 3.8) is 0 Å². The summed E-state index contributed by atoms with van der Waals surface area (Å²) in [5, 5.41) is 8.13. The lowest BCUT2D eigenvalue weighted by Gasteiger charge is -2.26. The van der Waals surface area contributed by atoms with Gasteiger partial charge < -0.3 is 19.1 Å². The van der Waals surface area contributed by atoms with Crippen molar-refractivity contribution < 1.29 is 23.8 Å². The van der Waals surface area contributed by atoms with Crippen molar-refractivity contribution in [3.8, 4) is 11.5 Å². The molecule has 0 aliphatic carbocycles. The lowest BCUT2D eigenvalue weighted by atomic mass is 10.0. The van der Waals surface area contributed by atoms with E-state index in [1.54, 1.807) is 18.4 Å². The van der Waals surface area contributed by atoms with Gasteiger partial charge in [0.15, 0.2) is 11.5 Å². The number of ether oxygens (including phenoxy) is 3. The minimum absolute atomic E-state index is 0.0546. The highest BCUT2D eigenvalue weighted by Gasteiger charge is 2.35. The maximum atomic E-state index is 13.2. The summed E-state index contributed by atoms with van der Waals surface area (Å²) in [7, 11) is 1.56. The fraction of sp³-hybridized carbons (Fsp3) is 0.381. The average Bonchev–Trinajstić information content (AvgIpc) is 3.49. The van der Waals surface area contributed by atoms with Crippen LogP contribution in [0.25, 0.3) is 0 Å². The van der Waals surface area contributed by atoms with Crippen LogP contribution in [0.3, 0.4) is 0 Å². The van der Waals surface area contributed by atoms with Crippen molar-refractivity contribution in [1.29, 1.82) is 0 Å². The second-order valence-corrected chi connectivity index (χ2v) is 7.98. The molecule has 3 heterocycles. The molecule has 30 heavy (non-hydrogen) atoms. The number of methoxy groups -OCH3 is 1. The summed E-state index contributed by atoms with van der Waals surface area (Å²) in [6.07, 6.45) is 0.587. The maximum Gasteiger partial charge on any atom is 0.262 e. The fourth-order valence-corrected chi connectivity index (χ4v) is 4.22. The van der Waals surface area contributed by atoms with Crippen LogP contribution in [-0.2, 0) is 14.3 Å². The molecule has 0 unspecified atom stereocenters. The third-order valence-corrected chi connectivity index (χ3v) is 6.01. The van der Waals surface area contributed by atoms with Crippen molar-refractivity contribution >= 4 is 28.9 Å². The second-order valence-electron chi connectivity index (χ2n) is 7.03. The molecular weight excluding hydrogens is 406 g/mol. The van der Waals surface area contributed by atoms with E-state index in [0.717, 1.165) is 16.2 Å². The zero-order valence-corrected chi connectivity index (χ0v) is 17.7. The quantitative estimate of drug-likeness (QED) is 0.676. The molecule has 4 rings (SSSR count). The Balaban J connectivity index is 1.60. The highest BCUT2D eigenvalue weighted by atomic mass is 32.1. The summed E-state index contributed by atoms with van der Waals surface area (Å²) in [6.45, 7) is 2.30. The van der Waals surface area contributed by atoms with Gasteiger partial charge in [0.25, 0.3) is 5.91 Å². The van der Waals surface area contributed by atoms with E-state index >= 15 is 0 Å². The minimum Gasteiger partial charge on any atom is -0.454 e. The number of hydrogen-bond donors (Lipinski definition) is 0. The van der Waals surface area contributed by atoms with Gasteiger partial charge in [0.1, 0.15) is 6.54 Å². The maximum absolute atomic E-state index is 13.2. The van der Waals surface area contributed by atoms with Gasteiger partial charge in [-0.1, -0.05) is 12.1 Å². The summed E-state index contributed by atoms with van der Waals surface area (Å²) in [4.78, 5) is 27.7. The summed E-state index contributed by atoms with van der Waals surface area (Å²) in [6, 6.07) is 9.36. The van der Waals surface area contributed by atoms with Gasteiger partial charge in [-0.3, -0.25) is 9.59 Å². The van der Waals surface area contributed by atoms with E-state index in [2.05, 4.69) is 5.10 Å². The van der Waals surface area contributed by atoms with E-state index in [4.69, 9.17) is 14.2 Å². The summed E-state index contributed by atoms with van der Waals surface area (Å²) >= 11 is 1.59. The lowest BCUT2D eigenvalue weighted by molar-refractivity contribution is -0.141. The summed E-state index contributed by atoms with van der Waals surface area (Å²) in [5.74, 6) is 0.934. The molecule has 0 spiro atoms. The molecule has 8 nitrogen and oxygen atoms in total. The van der Waals surface area contributed by atoms with Crippen LogP contribution in [0.4, 0.5) is 0 Å². The molecule has 2 aliphatic rings. The van der Waals surface area contributed by atoms with Crippen LogP contribution in [-0.4, -0.2) is 61.0 Å². The molecular formula is C21H23N3O5S. The zero-order chi connectivity index (χ0) is 21.1. The standard InChI is InChI=1S/C21H23N3O5S/c1-14(25)23(7-8-27-2)12-21(26)24-17(11-16(22-24)20-4-3-9-30-20)15-5-6-18-19(10-15)29-13-28-18/h3-6,9-10,17H,7-8,11-13H2,1-2H3/t17-/m1/s1. The number of thiophene rings is 1. The number of nitrogens with zero attached hydrogens (tertiary/aromatic N) is 3. The largest absolute Gasteiger partial charge is 0.454 e. The van der Waals surface area contributed by atoms with E-state index in [9.17, 15) is 9.59 Å². The van der Waals surface area contributed by atoms with Crippen LogP contribution in [0.15, 0.2) is 40.8 Å². The Morgan fingerprint density at radius 2 is 2.13 bits per heavy atom. The van der Waals surface area contributed by atoms with E-state index in [1.165, 1.54) is 16.8 Å². The Hall–Kier alpha value is -2.91. The van der Waals surface area contributed by atoms with Gasteiger partial charge in [-0.25, -0.2) is 5.01 Å². The first-order valence-corrected chi connectivity index (χ1v) is 10.5. The molecule has 0 saturated carbocycles. The van der Waals surface area contributed by atoms with Crippen molar-refractivity contribution in [2.24, 2.45) is 5.10 Å². The van der Waals surface area contributed by atoms with Gasteiger partial charge in [-0.05, 0) is 29.1 Å². The second kappa shape index (κ2) is 8.85. The van der Waals surface area contributed by atoms with Crippen molar-refractivity contribution in [2.45, 2.75) is 19.4 Å². The monoisotopic (exact) mass is 429 g/mol. The molecule has 0 fully saturated rings. The first kappa shape index (κ1) is 20.4. The molecule has 1 aromatic heterocycles. The number of hydrogen-bond acceptors (Lipinski definition) is 7. The Labute approximate surface area is 178 Å². The number of hydrazone groups is 1. The first-order valence-electron chi connectivity index (χ1n) is 9.64. The van der Waals surface area contributed by atoms with Crippen molar-refractivity contribution in [1.82, 2.24) is 9.91 Å². The van der Waals surface area contributed by atoms with Crippen LogP contribution in [0.2, 0.25) is 0 Å². The Kier molecular flexibility index (Phi) is 6.01. The van der Waals surface area contributed by atoms with E-state index < -0.39 is 0 Å². The predicted octanol–water partition coefficient (Wildman–Crippen LogP) is 2.65. The molecule has 0 saturated heterocycles. The average molecular weight is 429 g/mol. The highest BCUT2D eigenvalue weighted by Crippen LogP contribution is 2.39. The molecule has 0 radical (unpaired) electrons. The fourth-order valence-electron chi connectivity index (χ4n) is 3.50. The van der Waals surface area contributed by atoms with Crippen LogP contribution in [0.1, 0.15) is 29.8 Å². The molecule has 1 aromatic carbocycles. The molecule has 0 bridgehead atoms. The number of fused-ring (bicyclic) bond motifs is 1. The Morgan fingerprint density at radius 1 is 1.30 bits per heavy atom. The molecule has 1 atom stereocenters. The smallest absolute Gasteiger partial charge is 0.262 e. The van der Waals surface area contributed by atoms with Crippen LogP contribution in [0, 0.1) is 0 Å². The molecule has 2 amide bonds. The molecule has 0 N–H and O–H groups in total. The third-order valence-electron chi connectivity index (χ3n) is 5.09. The van der Waals surface area contributed by atoms with E-state index in [1.807, 2.05) is 35.7 Å². The minimum atomic E-state index is -0.277. The topological polar surface area (TPSA) is 80.7 Å². The van der Waals surface area contributed by atoms with E-state index in [0.29, 0.717) is 31.1 Å². The summed E-state index contributed by atoms with van der Waals surface area (Å²) < 4.78 is 16.0. The highest BCUT2D eigenvalue weighted by molar-refractivity contribution is 7.12. The van der Waals surface area contributed by atoms with Crippen molar-refractivity contribution in [2.75, 3.05) is 33.6 Å². The molecule has 9 heteroatoms. The van der Waals surface area contributed by atoms with Crippen LogP contribution < -0.4 is 9.47 Å². The lowest BCUT2D eigenvalue weighted by Crippen LogP contribution is -2.41. The van der Waals surface area contributed by atoms with Gasteiger partial charge in [0.2, 0.25) is 12.7 Å². The predicted molar refractivity (Wildman–Crippen MR) is 112 cm³/mol. The van der Waals surface area contributed by atoms with Crippen LogP contribution in [0.5, 0.6) is 11.5 Å². The van der Waals surface area contributed by atoms with Gasteiger partial charge in [0, 0.05) is 27.0 Å². The van der Waals surface area contributed by atoms with Crippen molar-refractivity contribution in [3.05, 3.63) is 46.2 Å². The first-order chi connectivity index (χ1) is 14.6. The number of rotatable bonds is 7. The SMILES string of the molecule is COCCN(CC(=O)N1N=C(c2cccs2)C[C@@H]1c1ccc2c(c1)OCO2)C(C)=O. The number of amides is 2. The Morgan fingerprint density at radius 3 is 2.87 bits per heavy atom. The van der Waals surface area contributed by atoms with Gasteiger partial charge in [0.05, 0.1) is 23.2 Å². The van der Waals surface area contributed by atoms with Crippen LogP contribution >= 0.6 is 11.3 Å². The number of benzene rings is 1. The number of carbonyl (C=O) groups excluding carboxylic acids is 2. The number of carbonyl (C=O) groups is 2. The Bertz CT molecular complexity index is 960. The molecule has 2 aliphatic heterocycles. The normalized spacial score (nSPS) is 17.2.